The second kappa shape index (κ2) is 12.9. The minimum atomic E-state index is -4.19. The van der Waals surface area contributed by atoms with E-state index in [2.05, 4.69) is 10.3 Å². The molecule has 2 aromatic carbocycles. The lowest BCUT2D eigenvalue weighted by Crippen LogP contribution is -2.54. The van der Waals surface area contributed by atoms with E-state index in [-0.39, 0.29) is 66.7 Å². The van der Waals surface area contributed by atoms with E-state index >= 15 is 0 Å². The molecule has 2 bridgehead atoms. The number of halogens is 2. The lowest BCUT2D eigenvalue weighted by molar-refractivity contribution is -0.155. The monoisotopic (exact) mass is 703 g/mol. The topological polar surface area (TPSA) is 168 Å². The fourth-order valence-electron chi connectivity index (χ4n) is 6.24. The van der Waals surface area contributed by atoms with Crippen LogP contribution in [0.15, 0.2) is 52.2 Å². The molecule has 0 saturated heterocycles. The van der Waals surface area contributed by atoms with Crippen LogP contribution in [0.2, 0.25) is 5.02 Å². The number of aryl methyl sites for hydroxylation is 1. The van der Waals surface area contributed by atoms with Gasteiger partial charge in [-0.25, -0.2) is 9.37 Å². The third-order valence-electron chi connectivity index (χ3n) is 9.24. The van der Waals surface area contributed by atoms with E-state index < -0.39 is 61.6 Å². The van der Waals surface area contributed by atoms with E-state index in [4.69, 9.17) is 15.8 Å². The Hall–Kier alpha value is -4.34. The summed E-state index contributed by atoms with van der Waals surface area (Å²) >= 11 is 5.84. The molecule has 3 amide bonds. The van der Waals surface area contributed by atoms with Gasteiger partial charge >= 0.3 is 11.8 Å². The van der Waals surface area contributed by atoms with E-state index in [1.165, 1.54) is 56.4 Å². The number of rotatable bonds is 8. The Morgan fingerprint density at radius 3 is 2.33 bits per heavy atom. The van der Waals surface area contributed by atoms with Gasteiger partial charge in [0.25, 0.3) is 21.6 Å². The van der Waals surface area contributed by atoms with Gasteiger partial charge in [0.1, 0.15) is 17.2 Å². The molecule has 0 spiro atoms. The van der Waals surface area contributed by atoms with Crippen molar-refractivity contribution < 1.29 is 36.5 Å². The van der Waals surface area contributed by atoms with Crippen molar-refractivity contribution in [2.75, 3.05) is 27.7 Å². The highest BCUT2D eigenvalue weighted by Crippen LogP contribution is 2.52. The summed E-state index contributed by atoms with van der Waals surface area (Å²) in [6.07, 6.45) is 0.721. The molecule has 2 N–H and O–H groups in total. The maximum Gasteiger partial charge on any atom is 0.312 e. The van der Waals surface area contributed by atoms with Crippen LogP contribution in [-0.4, -0.2) is 78.3 Å². The normalized spacial score (nSPS) is 20.0. The van der Waals surface area contributed by atoms with Crippen LogP contribution >= 0.6 is 11.6 Å². The molecule has 2 aliphatic heterocycles. The highest BCUT2D eigenvalue weighted by molar-refractivity contribution is 7.86. The first-order valence-corrected chi connectivity index (χ1v) is 16.8. The van der Waals surface area contributed by atoms with E-state index in [1.807, 2.05) is 6.92 Å². The molecule has 0 unspecified atom stereocenters. The molecule has 3 aromatic rings. The van der Waals surface area contributed by atoms with Crippen LogP contribution in [0.3, 0.4) is 0 Å². The van der Waals surface area contributed by atoms with Crippen LogP contribution in [0.1, 0.15) is 53.1 Å². The average Bonchev–Trinajstić information content (AvgIpc) is 3.29. The van der Waals surface area contributed by atoms with Crippen molar-refractivity contribution >= 4 is 39.4 Å². The van der Waals surface area contributed by atoms with Crippen molar-refractivity contribution in [1.82, 2.24) is 24.7 Å². The maximum absolute atomic E-state index is 14.5. The van der Waals surface area contributed by atoms with Gasteiger partial charge in [0.15, 0.2) is 5.69 Å². The van der Waals surface area contributed by atoms with E-state index in [0.29, 0.717) is 0 Å². The summed E-state index contributed by atoms with van der Waals surface area (Å²) in [6.45, 7) is 0.984. The predicted octanol–water partition coefficient (Wildman–Crippen LogP) is 2.70. The summed E-state index contributed by atoms with van der Waals surface area (Å²) in [5.74, 6) is -4.55. The van der Waals surface area contributed by atoms with Gasteiger partial charge in [-0.3, -0.25) is 27.9 Å². The standard InChI is InChI=1S/C32H35ClFN5O8S/c1-19-8-10-21(11-9-19)48(45,46)47-18-31-12-14-32(15-13-31,38(4)29(44)28(43)37(2)3)30-36-24(25(40)27(42)39(30)17-31)26(41)35-16-20-6-5-7-22(33)23(20)34/h5-11,40H,12-18H2,1-4H3,(H,35,41). The number of carbonyl (C=O) groups excluding carboxylic acids is 3. The molecule has 0 radical (unpaired) electrons. The second-order valence-corrected chi connectivity index (χ2v) is 14.6. The summed E-state index contributed by atoms with van der Waals surface area (Å²) in [5.41, 5.74) is -3.14. The van der Waals surface area contributed by atoms with Gasteiger partial charge in [-0.1, -0.05) is 41.4 Å². The van der Waals surface area contributed by atoms with Gasteiger partial charge in [0, 0.05) is 45.2 Å². The number of fused-ring (bicyclic) bond motifs is 2. The van der Waals surface area contributed by atoms with Crippen LogP contribution in [0.5, 0.6) is 5.75 Å². The smallest absolute Gasteiger partial charge is 0.312 e. The fourth-order valence-corrected chi connectivity index (χ4v) is 7.44. The van der Waals surface area contributed by atoms with Crippen molar-refractivity contribution in [1.29, 1.82) is 0 Å². The number of benzene rings is 2. The van der Waals surface area contributed by atoms with Crippen molar-refractivity contribution in [2.45, 2.75) is 56.1 Å². The van der Waals surface area contributed by atoms with E-state index in [1.54, 1.807) is 12.1 Å². The number of amides is 3. The molecule has 1 aromatic heterocycles. The summed E-state index contributed by atoms with van der Waals surface area (Å²) < 4.78 is 47.4. The third kappa shape index (κ3) is 6.29. The number of hydrogen-bond acceptors (Lipinski definition) is 9. The predicted molar refractivity (Wildman–Crippen MR) is 171 cm³/mol. The van der Waals surface area contributed by atoms with E-state index in [9.17, 15) is 37.1 Å². The zero-order valence-electron chi connectivity index (χ0n) is 26.7. The molecule has 13 nitrogen and oxygen atoms in total. The first-order valence-electron chi connectivity index (χ1n) is 15.0. The first kappa shape index (κ1) is 35.0. The Morgan fingerprint density at radius 2 is 1.71 bits per heavy atom. The van der Waals surface area contributed by atoms with Gasteiger partial charge in [-0.2, -0.15) is 8.42 Å². The number of nitrogens with zero attached hydrogens (tertiary/aromatic N) is 4. The molecule has 1 fully saturated rings. The molecule has 3 aliphatic rings. The molecule has 0 atom stereocenters. The number of aromatic hydroxyl groups is 1. The Bertz CT molecular complexity index is 1960. The van der Waals surface area contributed by atoms with Crippen molar-refractivity contribution in [2.24, 2.45) is 5.41 Å². The number of hydrogen-bond donors (Lipinski definition) is 2. The van der Waals surface area contributed by atoms with Gasteiger partial charge in [-0.15, -0.1) is 0 Å². The molecule has 1 aliphatic carbocycles. The summed E-state index contributed by atoms with van der Waals surface area (Å²) in [4.78, 5) is 60.1. The van der Waals surface area contributed by atoms with Crippen molar-refractivity contribution in [3.8, 4) is 5.75 Å². The molecule has 1 saturated carbocycles. The molecule has 6 rings (SSSR count). The number of aromatic nitrogens is 2. The van der Waals surface area contributed by atoms with Crippen molar-refractivity contribution in [3.63, 3.8) is 0 Å². The van der Waals surface area contributed by atoms with Crippen LogP contribution in [0.4, 0.5) is 4.39 Å². The van der Waals surface area contributed by atoms with Crippen LogP contribution in [-0.2, 0) is 42.5 Å². The lowest BCUT2D eigenvalue weighted by Gasteiger charge is -2.46. The lowest BCUT2D eigenvalue weighted by atomic mass is 9.68. The maximum atomic E-state index is 14.5. The van der Waals surface area contributed by atoms with E-state index in [0.717, 1.165) is 15.0 Å². The molecule has 16 heteroatoms. The Labute approximate surface area is 281 Å². The zero-order chi connectivity index (χ0) is 35.2. The molecule has 256 valence electrons. The van der Waals surface area contributed by atoms with Crippen LogP contribution in [0.25, 0.3) is 0 Å². The van der Waals surface area contributed by atoms with Gasteiger partial charge in [-0.05, 0) is 50.8 Å². The van der Waals surface area contributed by atoms with Gasteiger partial charge < -0.3 is 20.2 Å². The van der Waals surface area contributed by atoms with Gasteiger partial charge in [0.05, 0.1) is 16.5 Å². The summed E-state index contributed by atoms with van der Waals surface area (Å²) in [7, 11) is 0.0319. The molecule has 48 heavy (non-hydrogen) atoms. The quantitative estimate of drug-likeness (QED) is 0.265. The Morgan fingerprint density at radius 1 is 1.06 bits per heavy atom. The zero-order valence-corrected chi connectivity index (χ0v) is 28.3. The Balaban J connectivity index is 1.55. The fraction of sp³-hybridized carbons (Fsp3) is 0.406. The minimum absolute atomic E-state index is 0.0407. The first-order chi connectivity index (χ1) is 22.5. The minimum Gasteiger partial charge on any atom is -0.501 e. The number of nitrogens with one attached hydrogen (secondary N) is 1. The molecule has 3 heterocycles. The van der Waals surface area contributed by atoms with Gasteiger partial charge in [0.2, 0.25) is 5.75 Å². The molecular formula is C32H35ClFN5O8S. The number of likely N-dealkylation sites (N-methyl/N-ethyl adjacent to an activating group) is 2. The SMILES string of the molecule is Cc1ccc(S(=O)(=O)OCC23CCC(N(C)C(=O)C(=O)N(C)C)(CC2)c2nc(C(=O)NCc4cccc(Cl)c4F)c(O)c(=O)n2C3)cc1. The van der Waals surface area contributed by atoms with Crippen LogP contribution in [0, 0.1) is 18.2 Å². The third-order valence-corrected chi connectivity index (χ3v) is 10.8. The second-order valence-electron chi connectivity index (χ2n) is 12.5. The summed E-state index contributed by atoms with van der Waals surface area (Å²) in [5, 5.41) is 13.3. The Kier molecular flexibility index (Phi) is 9.43. The highest BCUT2D eigenvalue weighted by atomic mass is 35.5. The average molecular weight is 704 g/mol. The number of carbonyl (C=O) groups is 3. The summed E-state index contributed by atoms with van der Waals surface area (Å²) in [6, 6.07) is 10.4. The largest absolute Gasteiger partial charge is 0.501 e. The van der Waals surface area contributed by atoms with Crippen LogP contribution < -0.4 is 10.9 Å². The van der Waals surface area contributed by atoms with Crippen molar-refractivity contribution in [3.05, 3.63) is 86.3 Å². The molecular weight excluding hydrogens is 669 g/mol. The highest BCUT2D eigenvalue weighted by Gasteiger charge is 2.55.